The van der Waals surface area contributed by atoms with Crippen molar-refractivity contribution in [3.8, 4) is 22.7 Å². The number of alkyl halides is 6. The summed E-state index contributed by atoms with van der Waals surface area (Å²) in [5, 5.41) is 8.50. The third-order valence-electron chi connectivity index (χ3n) is 3.79. The molecule has 0 aliphatic carbocycles. The van der Waals surface area contributed by atoms with E-state index in [0.29, 0.717) is 6.07 Å². The number of primary sulfonamides is 1. The van der Waals surface area contributed by atoms with Crippen LogP contribution in [0.25, 0.3) is 16.9 Å². The van der Waals surface area contributed by atoms with Crippen molar-refractivity contribution in [2.75, 3.05) is 0 Å². The van der Waals surface area contributed by atoms with Crippen molar-refractivity contribution in [2.45, 2.75) is 17.4 Å². The fourth-order valence-electron chi connectivity index (χ4n) is 2.53. The fraction of sp³-hybridized carbons (Fsp3) is 0.118. The molecule has 2 N–H and O–H groups in total. The molecule has 2 aromatic carbocycles. The summed E-state index contributed by atoms with van der Waals surface area (Å²) in [4.78, 5) is -0.260. The van der Waals surface area contributed by atoms with Crippen molar-refractivity contribution in [2.24, 2.45) is 5.14 Å². The SMILES string of the molecule is NS(=O)(=O)c1ccc(-n2nc(C(F)(F)F)cc2-c2ccc(OC(F)(F)F)cc2)cc1. The highest BCUT2D eigenvalue weighted by Gasteiger charge is 2.35. The van der Waals surface area contributed by atoms with Crippen LogP contribution in [-0.4, -0.2) is 24.6 Å². The van der Waals surface area contributed by atoms with Crippen LogP contribution in [0.5, 0.6) is 5.75 Å². The molecule has 0 amide bonds. The molecular weight excluding hydrogens is 440 g/mol. The van der Waals surface area contributed by atoms with E-state index in [2.05, 4.69) is 9.84 Å². The predicted octanol–water partition coefficient (Wildman–Crippen LogP) is 4.10. The first kappa shape index (κ1) is 21.6. The molecule has 0 saturated heterocycles. The van der Waals surface area contributed by atoms with Crippen molar-refractivity contribution >= 4 is 10.0 Å². The van der Waals surface area contributed by atoms with Crippen molar-refractivity contribution in [3.63, 3.8) is 0 Å². The molecule has 13 heteroatoms. The van der Waals surface area contributed by atoms with E-state index in [1.165, 1.54) is 12.1 Å². The zero-order valence-electron chi connectivity index (χ0n) is 14.6. The summed E-state index contributed by atoms with van der Waals surface area (Å²) >= 11 is 0. The van der Waals surface area contributed by atoms with Gasteiger partial charge >= 0.3 is 12.5 Å². The lowest BCUT2D eigenvalue weighted by Gasteiger charge is -2.11. The van der Waals surface area contributed by atoms with Crippen LogP contribution in [0.1, 0.15) is 5.69 Å². The molecule has 0 aliphatic heterocycles. The third kappa shape index (κ3) is 4.91. The van der Waals surface area contributed by atoms with Gasteiger partial charge in [0.05, 0.1) is 16.3 Å². The summed E-state index contributed by atoms with van der Waals surface area (Å²) in [7, 11) is -4.02. The van der Waals surface area contributed by atoms with E-state index in [1.807, 2.05) is 0 Å². The lowest BCUT2D eigenvalue weighted by molar-refractivity contribution is -0.274. The Kier molecular flexibility index (Phi) is 5.28. The van der Waals surface area contributed by atoms with Gasteiger partial charge in [-0.05, 0) is 54.6 Å². The maximum absolute atomic E-state index is 13.2. The van der Waals surface area contributed by atoms with E-state index in [9.17, 15) is 34.8 Å². The molecule has 0 aliphatic rings. The van der Waals surface area contributed by atoms with E-state index in [0.717, 1.165) is 41.1 Å². The number of benzene rings is 2. The molecule has 160 valence electrons. The van der Waals surface area contributed by atoms with Crippen LogP contribution in [0.2, 0.25) is 0 Å². The highest BCUT2D eigenvalue weighted by atomic mass is 32.2. The van der Waals surface area contributed by atoms with Crippen molar-refractivity contribution in [1.82, 2.24) is 9.78 Å². The van der Waals surface area contributed by atoms with E-state index in [4.69, 9.17) is 5.14 Å². The summed E-state index contributed by atoms with van der Waals surface area (Å²) < 4.78 is 104. The lowest BCUT2D eigenvalue weighted by Crippen LogP contribution is -2.16. The van der Waals surface area contributed by atoms with Gasteiger partial charge in [-0.2, -0.15) is 18.3 Å². The van der Waals surface area contributed by atoms with Gasteiger partial charge in [-0.1, -0.05) is 0 Å². The van der Waals surface area contributed by atoms with Gasteiger partial charge in [-0.15, -0.1) is 13.2 Å². The molecule has 1 heterocycles. The normalized spacial score (nSPS) is 12.8. The zero-order valence-corrected chi connectivity index (χ0v) is 15.4. The van der Waals surface area contributed by atoms with Crippen LogP contribution in [-0.2, 0) is 16.2 Å². The Bertz CT molecular complexity index is 1150. The number of sulfonamides is 1. The Morgan fingerprint density at radius 1 is 0.900 bits per heavy atom. The quantitative estimate of drug-likeness (QED) is 0.605. The highest BCUT2D eigenvalue weighted by Crippen LogP contribution is 2.34. The standard InChI is InChI=1S/C17H11F6N3O3S/c18-16(19,20)15-9-14(10-1-5-12(6-2-10)29-17(21,22)23)26(25-15)11-3-7-13(8-4-11)30(24,27)28/h1-9H,(H2,24,27,28). The second kappa shape index (κ2) is 7.32. The van der Waals surface area contributed by atoms with E-state index < -0.39 is 34.0 Å². The number of hydrogen-bond donors (Lipinski definition) is 1. The zero-order chi connectivity index (χ0) is 22.3. The number of hydrogen-bond acceptors (Lipinski definition) is 4. The number of rotatable bonds is 4. The van der Waals surface area contributed by atoms with E-state index in [-0.39, 0.29) is 21.8 Å². The molecule has 0 fully saturated rings. The van der Waals surface area contributed by atoms with Crippen LogP contribution in [0.3, 0.4) is 0 Å². The number of nitrogens with zero attached hydrogens (tertiary/aromatic N) is 2. The van der Waals surface area contributed by atoms with E-state index in [1.54, 1.807) is 0 Å². The summed E-state index contributed by atoms with van der Waals surface area (Å²) in [6.07, 6.45) is -9.71. The number of ether oxygens (including phenoxy) is 1. The monoisotopic (exact) mass is 451 g/mol. The molecule has 0 bridgehead atoms. The lowest BCUT2D eigenvalue weighted by atomic mass is 10.1. The van der Waals surface area contributed by atoms with Crippen LogP contribution in [0.15, 0.2) is 59.5 Å². The average Bonchev–Trinajstić information content (AvgIpc) is 3.06. The average molecular weight is 451 g/mol. The molecule has 0 radical (unpaired) electrons. The topological polar surface area (TPSA) is 87.2 Å². The summed E-state index contributed by atoms with van der Waals surface area (Å²) in [6.45, 7) is 0. The smallest absolute Gasteiger partial charge is 0.406 e. The number of aromatic nitrogens is 2. The minimum absolute atomic E-state index is 0.0727. The van der Waals surface area contributed by atoms with E-state index >= 15 is 0 Å². The maximum Gasteiger partial charge on any atom is 0.573 e. The Balaban J connectivity index is 2.07. The third-order valence-corrected chi connectivity index (χ3v) is 4.72. The first-order valence-electron chi connectivity index (χ1n) is 7.91. The maximum atomic E-state index is 13.2. The summed E-state index contributed by atoms with van der Waals surface area (Å²) in [5.74, 6) is -0.550. The van der Waals surface area contributed by atoms with Crippen molar-refractivity contribution < 1.29 is 39.5 Å². The van der Waals surface area contributed by atoms with Gasteiger partial charge in [0.1, 0.15) is 5.75 Å². The second-order valence-corrected chi connectivity index (χ2v) is 7.50. The van der Waals surface area contributed by atoms with Crippen LogP contribution < -0.4 is 9.88 Å². The van der Waals surface area contributed by atoms with Gasteiger partial charge in [0.15, 0.2) is 5.69 Å². The van der Waals surface area contributed by atoms with Crippen molar-refractivity contribution in [3.05, 3.63) is 60.3 Å². The molecule has 0 spiro atoms. The molecule has 1 aromatic heterocycles. The first-order valence-corrected chi connectivity index (χ1v) is 9.45. The van der Waals surface area contributed by atoms with Gasteiger partial charge < -0.3 is 4.74 Å². The minimum Gasteiger partial charge on any atom is -0.406 e. The number of halogens is 6. The molecule has 6 nitrogen and oxygen atoms in total. The Morgan fingerprint density at radius 2 is 1.47 bits per heavy atom. The Hall–Kier alpha value is -3.06. The van der Waals surface area contributed by atoms with Gasteiger partial charge in [0, 0.05) is 5.56 Å². The Labute approximate surface area is 165 Å². The van der Waals surface area contributed by atoms with Crippen LogP contribution in [0.4, 0.5) is 26.3 Å². The fourth-order valence-corrected chi connectivity index (χ4v) is 3.04. The number of nitrogens with two attached hydrogens (primary N) is 1. The van der Waals surface area contributed by atoms with Crippen LogP contribution in [0, 0.1) is 0 Å². The minimum atomic E-state index is -4.92. The van der Waals surface area contributed by atoms with Gasteiger partial charge in [-0.3, -0.25) is 0 Å². The van der Waals surface area contributed by atoms with Crippen molar-refractivity contribution in [1.29, 1.82) is 0 Å². The Morgan fingerprint density at radius 3 is 1.93 bits per heavy atom. The van der Waals surface area contributed by atoms with Gasteiger partial charge in [0.2, 0.25) is 10.0 Å². The molecular formula is C17H11F6N3O3S. The summed E-state index contributed by atoms with van der Waals surface area (Å²) in [6, 6.07) is 9.42. The second-order valence-electron chi connectivity index (χ2n) is 5.94. The van der Waals surface area contributed by atoms with Gasteiger partial charge in [0.25, 0.3) is 0 Å². The van der Waals surface area contributed by atoms with Crippen LogP contribution >= 0.6 is 0 Å². The van der Waals surface area contributed by atoms with Gasteiger partial charge in [-0.25, -0.2) is 18.2 Å². The highest BCUT2D eigenvalue weighted by molar-refractivity contribution is 7.89. The molecule has 0 atom stereocenters. The molecule has 0 unspecified atom stereocenters. The molecule has 3 rings (SSSR count). The molecule has 3 aromatic rings. The molecule has 30 heavy (non-hydrogen) atoms. The summed E-state index contributed by atoms with van der Waals surface area (Å²) in [5.41, 5.74) is -1.15. The predicted molar refractivity (Wildman–Crippen MR) is 92.1 cm³/mol. The largest absolute Gasteiger partial charge is 0.573 e. The first-order chi connectivity index (χ1) is 13.7. The molecule has 0 saturated carbocycles.